The van der Waals surface area contributed by atoms with Gasteiger partial charge in [-0.25, -0.2) is 0 Å². The minimum atomic E-state index is 0.0351. The van der Waals surface area contributed by atoms with Crippen LogP contribution in [0.25, 0.3) is 0 Å². The third-order valence-electron chi connectivity index (χ3n) is 4.73. The van der Waals surface area contributed by atoms with Gasteiger partial charge >= 0.3 is 0 Å². The maximum Gasteiger partial charge on any atom is 0.274 e. The summed E-state index contributed by atoms with van der Waals surface area (Å²) in [6, 6.07) is 2.17. The summed E-state index contributed by atoms with van der Waals surface area (Å²) in [7, 11) is 0. The highest BCUT2D eigenvalue weighted by Crippen LogP contribution is 2.22. The second kappa shape index (κ2) is 8.15. The molecule has 136 valence electrons. The second-order valence-electron chi connectivity index (χ2n) is 7.60. The van der Waals surface area contributed by atoms with E-state index in [1.807, 2.05) is 22.6 Å². The number of aromatic nitrogens is 2. The molecule has 0 aliphatic carbocycles. The molecule has 2 rings (SSSR count). The van der Waals surface area contributed by atoms with Crippen LogP contribution in [0, 0.1) is 12.8 Å². The lowest BCUT2D eigenvalue weighted by Crippen LogP contribution is -2.51. The minimum absolute atomic E-state index is 0.0351. The fourth-order valence-electron chi connectivity index (χ4n) is 3.27. The number of ether oxygens (including phenoxy) is 1. The number of carbonyl (C=O) groups excluding carboxylic acids is 1. The first kappa shape index (κ1) is 19.0. The Bertz CT molecular complexity index is 551. The van der Waals surface area contributed by atoms with E-state index in [9.17, 15) is 4.79 Å². The number of hydrogen-bond acceptors (Lipinski definition) is 3. The molecule has 1 saturated heterocycles. The van der Waals surface area contributed by atoms with Gasteiger partial charge in [0.2, 0.25) is 0 Å². The van der Waals surface area contributed by atoms with E-state index >= 15 is 0 Å². The zero-order chi connectivity index (χ0) is 17.9. The molecule has 1 amide bonds. The number of morpholine rings is 1. The quantitative estimate of drug-likeness (QED) is 0.794. The Morgan fingerprint density at radius 1 is 1.33 bits per heavy atom. The van der Waals surface area contributed by atoms with Crippen molar-refractivity contribution in [2.75, 3.05) is 13.1 Å². The monoisotopic (exact) mass is 335 g/mol. The van der Waals surface area contributed by atoms with Crippen LogP contribution in [-0.4, -0.2) is 45.9 Å². The minimum Gasteiger partial charge on any atom is -0.371 e. The summed E-state index contributed by atoms with van der Waals surface area (Å²) >= 11 is 0. The lowest BCUT2D eigenvalue weighted by atomic mass is 10.0. The van der Waals surface area contributed by atoms with Gasteiger partial charge in [0.15, 0.2) is 5.69 Å². The first-order valence-corrected chi connectivity index (χ1v) is 9.34. The molecule has 0 saturated carbocycles. The smallest absolute Gasteiger partial charge is 0.274 e. The molecule has 1 aliphatic heterocycles. The lowest BCUT2D eigenvalue weighted by Gasteiger charge is -2.39. The van der Waals surface area contributed by atoms with Gasteiger partial charge in [-0.15, -0.1) is 0 Å². The molecular formula is C19H33N3O2. The third-order valence-corrected chi connectivity index (χ3v) is 4.73. The number of amides is 1. The average molecular weight is 335 g/mol. The van der Waals surface area contributed by atoms with Crippen LogP contribution in [0.2, 0.25) is 0 Å². The average Bonchev–Trinajstić information content (AvgIpc) is 2.93. The van der Waals surface area contributed by atoms with E-state index in [-0.39, 0.29) is 24.2 Å². The van der Waals surface area contributed by atoms with Gasteiger partial charge in [-0.2, -0.15) is 5.10 Å². The molecular weight excluding hydrogens is 302 g/mol. The van der Waals surface area contributed by atoms with Crippen LogP contribution < -0.4 is 0 Å². The highest BCUT2D eigenvalue weighted by atomic mass is 16.5. The van der Waals surface area contributed by atoms with Crippen LogP contribution >= 0.6 is 0 Å². The Balaban J connectivity index is 2.15. The van der Waals surface area contributed by atoms with Gasteiger partial charge in [0, 0.05) is 24.8 Å². The maximum absolute atomic E-state index is 13.0. The molecule has 24 heavy (non-hydrogen) atoms. The van der Waals surface area contributed by atoms with Crippen molar-refractivity contribution in [2.45, 2.75) is 79.1 Å². The van der Waals surface area contributed by atoms with Crippen LogP contribution in [0.1, 0.15) is 76.1 Å². The Labute approximate surface area is 146 Å². The summed E-state index contributed by atoms with van der Waals surface area (Å²) in [5.41, 5.74) is 1.59. The number of carbonyl (C=O) groups is 1. The van der Waals surface area contributed by atoms with Crippen molar-refractivity contribution in [2.24, 2.45) is 5.92 Å². The van der Waals surface area contributed by atoms with Crippen molar-refractivity contribution in [1.29, 1.82) is 0 Å². The Kier molecular flexibility index (Phi) is 6.44. The second-order valence-corrected chi connectivity index (χ2v) is 7.60. The maximum atomic E-state index is 13.0. The van der Waals surface area contributed by atoms with Crippen molar-refractivity contribution in [3.8, 4) is 0 Å². The first-order valence-electron chi connectivity index (χ1n) is 9.34. The van der Waals surface area contributed by atoms with Crippen molar-refractivity contribution < 1.29 is 9.53 Å². The molecule has 0 bridgehead atoms. The first-order chi connectivity index (χ1) is 11.3. The third kappa shape index (κ3) is 4.38. The van der Waals surface area contributed by atoms with Gasteiger partial charge in [-0.05, 0) is 39.2 Å². The van der Waals surface area contributed by atoms with Gasteiger partial charge in [0.25, 0.3) is 5.91 Å². The Morgan fingerprint density at radius 3 is 2.58 bits per heavy atom. The Morgan fingerprint density at radius 2 is 2.04 bits per heavy atom. The molecule has 1 aliphatic rings. The summed E-state index contributed by atoms with van der Waals surface area (Å²) in [6.07, 6.45) is 3.56. The van der Waals surface area contributed by atoms with Crippen LogP contribution in [0.15, 0.2) is 6.07 Å². The summed E-state index contributed by atoms with van der Waals surface area (Å²) in [4.78, 5) is 14.9. The highest BCUT2D eigenvalue weighted by molar-refractivity contribution is 5.92. The van der Waals surface area contributed by atoms with E-state index in [0.29, 0.717) is 24.7 Å². The number of nitrogens with zero attached hydrogens (tertiary/aromatic N) is 3. The van der Waals surface area contributed by atoms with Crippen LogP contribution in [0.3, 0.4) is 0 Å². The van der Waals surface area contributed by atoms with Gasteiger partial charge < -0.3 is 9.64 Å². The van der Waals surface area contributed by atoms with Crippen LogP contribution in [-0.2, 0) is 4.74 Å². The normalized spacial score (nSPS) is 21.8. The predicted octanol–water partition coefficient (Wildman–Crippen LogP) is 3.83. The highest BCUT2D eigenvalue weighted by Gasteiger charge is 2.33. The summed E-state index contributed by atoms with van der Waals surface area (Å²) in [5.74, 6) is 0.438. The molecule has 2 heterocycles. The van der Waals surface area contributed by atoms with Crippen molar-refractivity contribution in [1.82, 2.24) is 14.7 Å². The zero-order valence-corrected chi connectivity index (χ0v) is 16.1. The van der Waals surface area contributed by atoms with Crippen LogP contribution in [0.5, 0.6) is 0 Å². The van der Waals surface area contributed by atoms with Gasteiger partial charge in [-0.3, -0.25) is 9.48 Å². The summed E-state index contributed by atoms with van der Waals surface area (Å²) < 4.78 is 8.13. The molecule has 1 aromatic rings. The molecule has 1 aromatic heterocycles. The largest absolute Gasteiger partial charge is 0.371 e. The summed E-state index contributed by atoms with van der Waals surface area (Å²) in [5, 5.41) is 4.53. The molecule has 0 aromatic carbocycles. The fraction of sp³-hybridized carbons (Fsp3) is 0.789. The molecule has 0 unspecified atom stereocenters. The molecule has 2 atom stereocenters. The van der Waals surface area contributed by atoms with E-state index in [0.717, 1.165) is 25.0 Å². The number of rotatable bonds is 6. The van der Waals surface area contributed by atoms with E-state index in [2.05, 4.69) is 39.7 Å². The fourth-order valence-corrected chi connectivity index (χ4v) is 3.27. The van der Waals surface area contributed by atoms with E-state index < -0.39 is 0 Å². The van der Waals surface area contributed by atoms with Gasteiger partial charge in [-0.1, -0.05) is 33.6 Å². The van der Waals surface area contributed by atoms with Crippen LogP contribution in [0.4, 0.5) is 0 Å². The molecule has 5 nitrogen and oxygen atoms in total. The molecule has 1 fully saturated rings. The van der Waals surface area contributed by atoms with E-state index in [1.54, 1.807) is 0 Å². The summed E-state index contributed by atoms with van der Waals surface area (Å²) in [6.45, 7) is 14.0. The zero-order valence-electron chi connectivity index (χ0n) is 16.1. The van der Waals surface area contributed by atoms with Crippen molar-refractivity contribution in [3.63, 3.8) is 0 Å². The standard InChI is InChI=1S/C19H33N3O2/c1-7-8-9-16-11-21(12-18(24-16)13(2)3)19(23)17-10-15(6)22(20-17)14(4)5/h10,13-14,16,18H,7-9,11-12H2,1-6H3/t16-,18-/m1/s1. The Hall–Kier alpha value is -1.36. The van der Waals surface area contributed by atoms with E-state index in [4.69, 9.17) is 4.74 Å². The topological polar surface area (TPSA) is 47.4 Å². The van der Waals surface area contributed by atoms with Gasteiger partial charge in [0.05, 0.1) is 12.2 Å². The number of aryl methyl sites for hydroxylation is 1. The number of unbranched alkanes of at least 4 members (excludes halogenated alkanes) is 1. The van der Waals surface area contributed by atoms with Gasteiger partial charge in [0.1, 0.15) is 0 Å². The van der Waals surface area contributed by atoms with Crippen molar-refractivity contribution in [3.05, 3.63) is 17.5 Å². The SMILES string of the molecule is CCCC[C@@H]1CN(C(=O)c2cc(C)n(C(C)C)n2)C[C@H](C(C)C)O1. The predicted molar refractivity (Wildman–Crippen MR) is 96.3 cm³/mol. The lowest BCUT2D eigenvalue weighted by molar-refractivity contribution is -0.0963. The molecule has 0 radical (unpaired) electrons. The molecule has 0 spiro atoms. The van der Waals surface area contributed by atoms with E-state index in [1.165, 1.54) is 0 Å². The molecule has 5 heteroatoms. The molecule has 0 N–H and O–H groups in total. The van der Waals surface area contributed by atoms with Crippen molar-refractivity contribution >= 4 is 5.91 Å². The number of hydrogen-bond donors (Lipinski definition) is 0.